The van der Waals surface area contributed by atoms with Crippen molar-refractivity contribution in [1.82, 2.24) is 5.32 Å². The number of alkyl halides is 3. The van der Waals surface area contributed by atoms with Crippen molar-refractivity contribution in [2.45, 2.75) is 39.5 Å². The van der Waals surface area contributed by atoms with Crippen molar-refractivity contribution in [1.29, 1.82) is 0 Å². The van der Waals surface area contributed by atoms with Crippen molar-refractivity contribution in [3.8, 4) is 11.5 Å². The third-order valence-corrected chi connectivity index (χ3v) is 3.34. The summed E-state index contributed by atoms with van der Waals surface area (Å²) in [5.41, 5.74) is -0.254. The second-order valence-electron chi connectivity index (χ2n) is 6.16. The molecule has 1 aliphatic heterocycles. The molecule has 3 nitrogen and oxygen atoms in total. The summed E-state index contributed by atoms with van der Waals surface area (Å²) in [5, 5.41) is 2.61. The van der Waals surface area contributed by atoms with Crippen LogP contribution in [0.1, 0.15) is 26.3 Å². The van der Waals surface area contributed by atoms with Crippen LogP contribution in [-0.4, -0.2) is 25.4 Å². The standard InChI is InChI=1S/C15H20F3NO2/c1-14(2,3)13(15(16,17)18)19-9-10-5-4-6-11-12(10)21-8-7-20-11/h4-6,13,19H,7-9H2,1-3H3. The molecule has 1 aliphatic rings. The first-order valence-corrected chi connectivity index (χ1v) is 6.87. The molecule has 0 saturated heterocycles. The van der Waals surface area contributed by atoms with Crippen LogP contribution in [0.2, 0.25) is 0 Å². The number of hydrogen-bond acceptors (Lipinski definition) is 3. The zero-order valence-electron chi connectivity index (χ0n) is 12.4. The maximum absolute atomic E-state index is 13.1. The molecule has 0 aromatic heterocycles. The fourth-order valence-electron chi connectivity index (χ4n) is 2.40. The maximum Gasteiger partial charge on any atom is 0.404 e. The van der Waals surface area contributed by atoms with Gasteiger partial charge in [0.25, 0.3) is 0 Å². The molecule has 1 aromatic carbocycles. The van der Waals surface area contributed by atoms with Crippen LogP contribution in [0.3, 0.4) is 0 Å². The van der Waals surface area contributed by atoms with Gasteiger partial charge in [-0.3, -0.25) is 0 Å². The quantitative estimate of drug-likeness (QED) is 0.926. The number of benzene rings is 1. The average molecular weight is 303 g/mol. The normalized spacial score (nSPS) is 16.7. The van der Waals surface area contributed by atoms with E-state index in [1.807, 2.05) is 0 Å². The lowest BCUT2D eigenvalue weighted by Crippen LogP contribution is -2.50. The summed E-state index contributed by atoms with van der Waals surface area (Å²) in [4.78, 5) is 0. The SMILES string of the molecule is CC(C)(C)C(NCc1cccc2c1OCCO2)C(F)(F)F. The van der Waals surface area contributed by atoms with Crippen LogP contribution in [0.25, 0.3) is 0 Å². The third kappa shape index (κ3) is 3.81. The molecular formula is C15H20F3NO2. The molecule has 118 valence electrons. The first-order chi connectivity index (χ1) is 9.69. The average Bonchev–Trinajstić information content (AvgIpc) is 2.36. The minimum atomic E-state index is -4.30. The highest BCUT2D eigenvalue weighted by Crippen LogP contribution is 2.36. The van der Waals surface area contributed by atoms with Gasteiger partial charge < -0.3 is 14.8 Å². The van der Waals surface area contributed by atoms with E-state index in [4.69, 9.17) is 9.47 Å². The Morgan fingerprint density at radius 1 is 1.14 bits per heavy atom. The molecule has 1 atom stereocenters. The van der Waals surface area contributed by atoms with Crippen molar-refractivity contribution in [2.24, 2.45) is 5.41 Å². The second-order valence-corrected chi connectivity index (χ2v) is 6.16. The van der Waals surface area contributed by atoms with Gasteiger partial charge in [-0.2, -0.15) is 13.2 Å². The van der Waals surface area contributed by atoms with Crippen LogP contribution in [0.5, 0.6) is 11.5 Å². The highest BCUT2D eigenvalue weighted by atomic mass is 19.4. The molecule has 1 N–H and O–H groups in total. The Bertz CT molecular complexity index is 481. The minimum Gasteiger partial charge on any atom is -0.486 e. The molecule has 0 radical (unpaired) electrons. The molecule has 21 heavy (non-hydrogen) atoms. The van der Waals surface area contributed by atoms with Gasteiger partial charge in [0.1, 0.15) is 19.3 Å². The molecular weight excluding hydrogens is 283 g/mol. The van der Waals surface area contributed by atoms with E-state index in [1.54, 1.807) is 39.0 Å². The first-order valence-electron chi connectivity index (χ1n) is 6.87. The van der Waals surface area contributed by atoms with Gasteiger partial charge >= 0.3 is 6.18 Å². The van der Waals surface area contributed by atoms with Crippen LogP contribution < -0.4 is 14.8 Å². The summed E-state index contributed by atoms with van der Waals surface area (Å²) in [7, 11) is 0. The number of rotatable bonds is 3. The number of halogens is 3. The van der Waals surface area contributed by atoms with E-state index in [-0.39, 0.29) is 6.54 Å². The van der Waals surface area contributed by atoms with Gasteiger partial charge in [-0.05, 0) is 11.5 Å². The fourth-order valence-corrected chi connectivity index (χ4v) is 2.40. The van der Waals surface area contributed by atoms with Gasteiger partial charge in [0.15, 0.2) is 11.5 Å². The predicted octanol–water partition coefficient (Wildman–Crippen LogP) is 3.52. The van der Waals surface area contributed by atoms with Crippen molar-refractivity contribution in [3.05, 3.63) is 23.8 Å². The van der Waals surface area contributed by atoms with Gasteiger partial charge in [-0.1, -0.05) is 32.9 Å². The Morgan fingerprint density at radius 2 is 1.81 bits per heavy atom. The third-order valence-electron chi connectivity index (χ3n) is 3.34. The second kappa shape index (κ2) is 5.75. The van der Waals surface area contributed by atoms with E-state index >= 15 is 0 Å². The Balaban J connectivity index is 2.15. The maximum atomic E-state index is 13.1. The van der Waals surface area contributed by atoms with E-state index in [1.165, 1.54) is 0 Å². The van der Waals surface area contributed by atoms with Gasteiger partial charge in [0, 0.05) is 12.1 Å². The molecule has 1 unspecified atom stereocenters. The number of hydrogen-bond donors (Lipinski definition) is 1. The van der Waals surface area contributed by atoms with Crippen molar-refractivity contribution in [2.75, 3.05) is 13.2 Å². The highest BCUT2D eigenvalue weighted by Gasteiger charge is 2.46. The largest absolute Gasteiger partial charge is 0.486 e. The fraction of sp³-hybridized carbons (Fsp3) is 0.600. The topological polar surface area (TPSA) is 30.5 Å². The Labute approximate surface area is 122 Å². The number of nitrogens with one attached hydrogen (secondary N) is 1. The zero-order chi connectivity index (χ0) is 15.7. The Morgan fingerprint density at radius 3 is 2.43 bits per heavy atom. The van der Waals surface area contributed by atoms with Crippen LogP contribution in [-0.2, 0) is 6.54 Å². The molecule has 0 aliphatic carbocycles. The van der Waals surface area contributed by atoms with E-state index < -0.39 is 17.6 Å². The van der Waals surface area contributed by atoms with Crippen LogP contribution >= 0.6 is 0 Å². The smallest absolute Gasteiger partial charge is 0.404 e. The number of para-hydroxylation sites is 1. The Hall–Kier alpha value is -1.43. The van der Waals surface area contributed by atoms with Gasteiger partial charge in [-0.15, -0.1) is 0 Å². The molecule has 6 heteroatoms. The summed E-state index contributed by atoms with van der Waals surface area (Å²) >= 11 is 0. The summed E-state index contributed by atoms with van der Waals surface area (Å²) in [5.74, 6) is 1.12. The summed E-state index contributed by atoms with van der Waals surface area (Å²) in [6, 6.07) is 3.66. The van der Waals surface area contributed by atoms with E-state index in [0.717, 1.165) is 0 Å². The molecule has 0 amide bonds. The molecule has 0 bridgehead atoms. The lowest BCUT2D eigenvalue weighted by Gasteiger charge is -2.33. The monoisotopic (exact) mass is 303 g/mol. The highest BCUT2D eigenvalue weighted by molar-refractivity contribution is 5.47. The molecule has 0 saturated carbocycles. The van der Waals surface area contributed by atoms with Gasteiger partial charge in [0.2, 0.25) is 0 Å². The van der Waals surface area contributed by atoms with Crippen LogP contribution in [0.4, 0.5) is 13.2 Å². The predicted molar refractivity (Wildman–Crippen MR) is 73.6 cm³/mol. The van der Waals surface area contributed by atoms with Crippen molar-refractivity contribution < 1.29 is 22.6 Å². The minimum absolute atomic E-state index is 0.0774. The number of fused-ring (bicyclic) bond motifs is 1. The molecule has 2 rings (SSSR count). The van der Waals surface area contributed by atoms with Gasteiger partial charge in [0.05, 0.1) is 0 Å². The van der Waals surface area contributed by atoms with Gasteiger partial charge in [-0.25, -0.2) is 0 Å². The van der Waals surface area contributed by atoms with E-state index in [2.05, 4.69) is 5.32 Å². The Kier molecular flexibility index (Phi) is 4.37. The summed E-state index contributed by atoms with van der Waals surface area (Å²) in [6.07, 6.45) is -4.30. The number of ether oxygens (including phenoxy) is 2. The van der Waals surface area contributed by atoms with Crippen molar-refractivity contribution in [3.63, 3.8) is 0 Å². The van der Waals surface area contributed by atoms with Crippen LogP contribution in [0, 0.1) is 5.41 Å². The molecule has 0 fully saturated rings. The lowest BCUT2D eigenvalue weighted by atomic mass is 9.86. The molecule has 0 spiro atoms. The summed E-state index contributed by atoms with van der Waals surface area (Å²) in [6.45, 7) is 5.64. The van der Waals surface area contributed by atoms with E-state index in [9.17, 15) is 13.2 Å². The van der Waals surface area contributed by atoms with Crippen LogP contribution in [0.15, 0.2) is 18.2 Å². The summed E-state index contributed by atoms with van der Waals surface area (Å²) < 4.78 is 50.4. The van der Waals surface area contributed by atoms with Crippen molar-refractivity contribution >= 4 is 0 Å². The lowest BCUT2D eigenvalue weighted by molar-refractivity contribution is -0.178. The zero-order valence-corrected chi connectivity index (χ0v) is 12.4. The van der Waals surface area contributed by atoms with E-state index in [0.29, 0.717) is 30.3 Å². The molecule has 1 heterocycles. The first kappa shape index (κ1) is 15.9. The molecule has 1 aromatic rings.